The van der Waals surface area contributed by atoms with E-state index in [2.05, 4.69) is 0 Å². The summed E-state index contributed by atoms with van der Waals surface area (Å²) in [7, 11) is -3.57. The minimum absolute atomic E-state index is 0.225. The largest absolute Gasteiger partial charge is 0.379 e. The lowest BCUT2D eigenvalue weighted by Crippen LogP contribution is -2.40. The highest BCUT2D eigenvalue weighted by Crippen LogP contribution is 2.32. The van der Waals surface area contributed by atoms with Crippen molar-refractivity contribution in [2.24, 2.45) is 0 Å². The van der Waals surface area contributed by atoms with Crippen molar-refractivity contribution >= 4 is 21.6 Å². The van der Waals surface area contributed by atoms with Crippen molar-refractivity contribution in [1.29, 1.82) is 0 Å². The molecule has 6 nitrogen and oxygen atoms in total. The van der Waals surface area contributed by atoms with Crippen LogP contribution in [0.5, 0.6) is 0 Å². The average molecular weight is 390 g/mol. The smallest absolute Gasteiger partial charge is 0.258 e. The van der Waals surface area contributed by atoms with Gasteiger partial charge in [0.15, 0.2) is 0 Å². The second kappa shape index (κ2) is 7.03. The van der Waals surface area contributed by atoms with Gasteiger partial charge in [-0.3, -0.25) is 4.79 Å². The Bertz CT molecular complexity index is 970. The Morgan fingerprint density at radius 2 is 1.70 bits per heavy atom. The van der Waals surface area contributed by atoms with Crippen molar-refractivity contribution in [3.63, 3.8) is 0 Å². The number of amides is 1. The fourth-order valence-electron chi connectivity index (χ4n) is 3.43. The van der Waals surface area contributed by atoms with Gasteiger partial charge in [0.2, 0.25) is 10.0 Å². The molecule has 1 amide bonds. The molecule has 2 aliphatic rings. The highest BCUT2D eigenvalue weighted by Gasteiger charge is 2.30. The number of fused-ring (bicyclic) bond motifs is 1. The van der Waals surface area contributed by atoms with Gasteiger partial charge in [0.25, 0.3) is 5.91 Å². The first-order valence-electron chi connectivity index (χ1n) is 8.75. The van der Waals surface area contributed by atoms with Crippen molar-refractivity contribution in [3.8, 4) is 0 Å². The maximum absolute atomic E-state index is 13.1. The van der Waals surface area contributed by atoms with Crippen LogP contribution in [0.2, 0.25) is 0 Å². The van der Waals surface area contributed by atoms with E-state index in [1.54, 1.807) is 23.1 Å². The van der Waals surface area contributed by atoms with Crippen LogP contribution in [0.3, 0.4) is 0 Å². The molecule has 4 rings (SSSR count). The van der Waals surface area contributed by atoms with Gasteiger partial charge in [0, 0.05) is 30.9 Å². The minimum Gasteiger partial charge on any atom is -0.379 e. The Morgan fingerprint density at radius 1 is 1.00 bits per heavy atom. The lowest BCUT2D eigenvalue weighted by atomic mass is 10.1. The van der Waals surface area contributed by atoms with Crippen LogP contribution in [0, 0.1) is 5.82 Å². The van der Waals surface area contributed by atoms with Gasteiger partial charge in [-0.05, 0) is 54.4 Å². The van der Waals surface area contributed by atoms with Gasteiger partial charge in [0.1, 0.15) is 5.82 Å². The van der Waals surface area contributed by atoms with Crippen LogP contribution < -0.4 is 4.90 Å². The lowest BCUT2D eigenvalue weighted by molar-refractivity contribution is 0.0730. The van der Waals surface area contributed by atoms with E-state index in [4.69, 9.17) is 4.74 Å². The molecule has 0 bridgehead atoms. The van der Waals surface area contributed by atoms with Gasteiger partial charge < -0.3 is 9.64 Å². The number of anilines is 1. The van der Waals surface area contributed by atoms with E-state index in [-0.39, 0.29) is 10.8 Å². The van der Waals surface area contributed by atoms with Crippen LogP contribution in [0.1, 0.15) is 15.9 Å². The number of morpholine rings is 1. The molecule has 0 aliphatic carbocycles. The van der Waals surface area contributed by atoms with Gasteiger partial charge in [0.05, 0.1) is 18.1 Å². The second-order valence-corrected chi connectivity index (χ2v) is 8.46. The zero-order valence-corrected chi connectivity index (χ0v) is 15.4. The average Bonchev–Trinajstić information content (AvgIpc) is 3.12. The molecule has 0 N–H and O–H groups in total. The second-order valence-electron chi connectivity index (χ2n) is 6.52. The summed E-state index contributed by atoms with van der Waals surface area (Å²) in [5, 5.41) is 0. The predicted octanol–water partition coefficient (Wildman–Crippen LogP) is 2.05. The van der Waals surface area contributed by atoms with E-state index in [1.807, 2.05) is 0 Å². The highest BCUT2D eigenvalue weighted by atomic mass is 32.2. The van der Waals surface area contributed by atoms with Crippen molar-refractivity contribution in [3.05, 3.63) is 59.4 Å². The van der Waals surface area contributed by atoms with Crippen LogP contribution in [0.25, 0.3) is 0 Å². The monoisotopic (exact) mass is 390 g/mol. The summed E-state index contributed by atoms with van der Waals surface area (Å²) in [4.78, 5) is 14.6. The van der Waals surface area contributed by atoms with Gasteiger partial charge in [-0.2, -0.15) is 4.31 Å². The molecule has 1 fully saturated rings. The molecule has 2 aliphatic heterocycles. The summed E-state index contributed by atoms with van der Waals surface area (Å²) >= 11 is 0. The van der Waals surface area contributed by atoms with E-state index < -0.39 is 15.8 Å². The molecular formula is C19H19FN2O4S. The zero-order chi connectivity index (χ0) is 19.0. The molecule has 27 heavy (non-hydrogen) atoms. The molecule has 0 atom stereocenters. The number of nitrogens with zero attached hydrogens (tertiary/aromatic N) is 2. The summed E-state index contributed by atoms with van der Waals surface area (Å²) in [6, 6.07) is 10.3. The third-order valence-electron chi connectivity index (χ3n) is 4.89. The zero-order valence-electron chi connectivity index (χ0n) is 14.6. The number of sulfonamides is 1. The number of carbonyl (C=O) groups is 1. The number of ether oxygens (including phenoxy) is 1. The first-order chi connectivity index (χ1) is 13.0. The number of benzene rings is 2. The van der Waals surface area contributed by atoms with E-state index in [9.17, 15) is 17.6 Å². The van der Waals surface area contributed by atoms with Gasteiger partial charge in [-0.25, -0.2) is 12.8 Å². The standard InChI is InChI=1S/C19H19FN2O4S/c20-16-3-1-14(2-4-16)19(23)22-8-7-15-13-17(5-6-18(15)22)27(24,25)21-9-11-26-12-10-21/h1-6,13H,7-12H2. The van der Waals surface area contributed by atoms with E-state index >= 15 is 0 Å². The third-order valence-corrected chi connectivity index (χ3v) is 6.79. The van der Waals surface area contributed by atoms with Gasteiger partial charge in [-0.1, -0.05) is 0 Å². The molecule has 0 radical (unpaired) electrons. The molecule has 0 saturated carbocycles. The highest BCUT2D eigenvalue weighted by molar-refractivity contribution is 7.89. The molecule has 8 heteroatoms. The van der Waals surface area contributed by atoms with Crippen molar-refractivity contribution in [1.82, 2.24) is 4.31 Å². The first-order valence-corrected chi connectivity index (χ1v) is 10.2. The molecule has 0 aromatic heterocycles. The fourth-order valence-corrected chi connectivity index (χ4v) is 4.89. The maximum Gasteiger partial charge on any atom is 0.258 e. The Kier molecular flexibility index (Phi) is 4.71. The number of hydrogen-bond donors (Lipinski definition) is 0. The quantitative estimate of drug-likeness (QED) is 0.805. The molecule has 2 aromatic carbocycles. The maximum atomic E-state index is 13.1. The fraction of sp³-hybridized carbons (Fsp3) is 0.316. The molecule has 2 aromatic rings. The number of halogens is 1. The summed E-state index contributed by atoms with van der Waals surface area (Å²) in [6.45, 7) is 1.93. The van der Waals surface area contributed by atoms with E-state index in [0.29, 0.717) is 50.5 Å². The third kappa shape index (κ3) is 3.36. The molecule has 0 unspecified atom stereocenters. The van der Waals surface area contributed by atoms with Crippen molar-refractivity contribution in [2.75, 3.05) is 37.7 Å². The van der Waals surface area contributed by atoms with Crippen molar-refractivity contribution in [2.45, 2.75) is 11.3 Å². The van der Waals surface area contributed by atoms with E-state index in [0.717, 1.165) is 5.56 Å². The SMILES string of the molecule is O=C(c1ccc(F)cc1)N1CCc2cc(S(=O)(=O)N3CCOCC3)ccc21. The van der Waals surface area contributed by atoms with Crippen molar-refractivity contribution < 1.29 is 22.3 Å². The molecule has 2 heterocycles. The molecule has 0 spiro atoms. The molecule has 1 saturated heterocycles. The van der Waals surface area contributed by atoms with Crippen LogP contribution >= 0.6 is 0 Å². The normalized spacial score (nSPS) is 17.7. The van der Waals surface area contributed by atoms with Crippen LogP contribution in [0.15, 0.2) is 47.4 Å². The number of carbonyl (C=O) groups excluding carboxylic acids is 1. The number of hydrogen-bond acceptors (Lipinski definition) is 4. The summed E-state index contributed by atoms with van der Waals surface area (Å²) < 4.78 is 45.3. The minimum atomic E-state index is -3.57. The predicted molar refractivity (Wildman–Crippen MR) is 97.8 cm³/mol. The summed E-state index contributed by atoms with van der Waals surface area (Å²) in [5.41, 5.74) is 1.92. The van der Waals surface area contributed by atoms with Crippen LogP contribution in [-0.2, 0) is 21.2 Å². The van der Waals surface area contributed by atoms with Gasteiger partial charge in [-0.15, -0.1) is 0 Å². The summed E-state index contributed by atoms with van der Waals surface area (Å²) in [5.74, 6) is -0.621. The van der Waals surface area contributed by atoms with Crippen LogP contribution in [0.4, 0.5) is 10.1 Å². The lowest BCUT2D eigenvalue weighted by Gasteiger charge is -2.26. The Labute approximate surface area is 157 Å². The van der Waals surface area contributed by atoms with Crippen LogP contribution in [-0.4, -0.2) is 51.5 Å². The Morgan fingerprint density at radius 3 is 2.41 bits per heavy atom. The first kappa shape index (κ1) is 18.1. The Hall–Kier alpha value is -2.29. The topological polar surface area (TPSA) is 66.9 Å². The molecular weight excluding hydrogens is 371 g/mol. The van der Waals surface area contributed by atoms with E-state index in [1.165, 1.54) is 28.6 Å². The Balaban J connectivity index is 1.60. The summed E-state index contributed by atoms with van der Waals surface area (Å²) in [6.07, 6.45) is 0.578. The molecule has 142 valence electrons. The van der Waals surface area contributed by atoms with Gasteiger partial charge >= 0.3 is 0 Å². The number of rotatable bonds is 3.